The third-order valence-corrected chi connectivity index (χ3v) is 5.37. The van der Waals surface area contributed by atoms with Crippen LogP contribution in [-0.4, -0.2) is 33.6 Å². The smallest absolute Gasteiger partial charge is 0.335 e. The molecular weight excluding hydrogens is 370 g/mol. The number of hydrogen-bond donors (Lipinski definition) is 2. The predicted octanol–water partition coefficient (Wildman–Crippen LogP) is 4.54. The fourth-order valence-corrected chi connectivity index (χ4v) is 3.82. The van der Waals surface area contributed by atoms with Gasteiger partial charge in [-0.15, -0.1) is 10.2 Å². The van der Waals surface area contributed by atoms with Crippen molar-refractivity contribution in [2.24, 2.45) is 0 Å². The van der Waals surface area contributed by atoms with Crippen LogP contribution >= 0.6 is 23.1 Å². The lowest BCUT2D eigenvalue weighted by Crippen LogP contribution is -2.00. The zero-order chi connectivity index (χ0) is 18.2. The molecule has 0 bridgehead atoms. The minimum absolute atomic E-state index is 0.254. The van der Waals surface area contributed by atoms with Gasteiger partial charge in [-0.05, 0) is 42.8 Å². The van der Waals surface area contributed by atoms with Crippen molar-refractivity contribution in [3.8, 4) is 5.75 Å². The Bertz CT molecular complexity index is 838. The molecule has 0 saturated carbocycles. The van der Waals surface area contributed by atoms with Crippen molar-refractivity contribution in [1.82, 2.24) is 10.2 Å². The molecule has 0 saturated heterocycles. The van der Waals surface area contributed by atoms with Crippen LogP contribution in [0.3, 0.4) is 0 Å². The molecule has 3 aromatic rings. The van der Waals surface area contributed by atoms with E-state index in [0.717, 1.165) is 27.3 Å². The van der Waals surface area contributed by atoms with E-state index in [0.29, 0.717) is 12.4 Å². The van der Waals surface area contributed by atoms with Crippen molar-refractivity contribution in [2.45, 2.75) is 10.8 Å². The van der Waals surface area contributed by atoms with E-state index in [1.54, 1.807) is 23.9 Å². The number of rotatable bonds is 9. The summed E-state index contributed by atoms with van der Waals surface area (Å²) in [6, 6.07) is 16.3. The minimum Gasteiger partial charge on any atom is -0.494 e. The van der Waals surface area contributed by atoms with E-state index < -0.39 is 5.97 Å². The van der Waals surface area contributed by atoms with Gasteiger partial charge in [-0.3, -0.25) is 0 Å². The van der Waals surface area contributed by atoms with Gasteiger partial charge in [0, 0.05) is 11.4 Å². The summed E-state index contributed by atoms with van der Waals surface area (Å²) in [5.74, 6) is 0.601. The molecule has 0 radical (unpaired) electrons. The number of hydrogen-bond acceptors (Lipinski definition) is 7. The Morgan fingerprint density at radius 1 is 1.12 bits per heavy atom. The normalized spacial score (nSPS) is 10.5. The molecule has 0 atom stereocenters. The van der Waals surface area contributed by atoms with Crippen LogP contribution in [0.5, 0.6) is 5.75 Å². The molecule has 0 aliphatic heterocycles. The van der Waals surface area contributed by atoms with Gasteiger partial charge < -0.3 is 15.2 Å². The van der Waals surface area contributed by atoms with E-state index in [1.165, 1.54) is 23.5 Å². The molecule has 8 heteroatoms. The van der Waals surface area contributed by atoms with Crippen molar-refractivity contribution in [3.05, 3.63) is 60.2 Å². The SMILES string of the molecule is O=C(O)c1ccc(OCCCSc2nnc(Nc3ccccc3)s2)cc1. The lowest BCUT2D eigenvalue weighted by Gasteiger charge is -2.05. The molecule has 0 aliphatic rings. The maximum absolute atomic E-state index is 10.8. The zero-order valence-corrected chi connectivity index (χ0v) is 15.4. The number of aromatic carboxylic acids is 1. The van der Waals surface area contributed by atoms with Crippen LogP contribution < -0.4 is 10.1 Å². The summed E-state index contributed by atoms with van der Waals surface area (Å²) in [4.78, 5) is 10.8. The van der Waals surface area contributed by atoms with Gasteiger partial charge in [-0.2, -0.15) is 0 Å². The van der Waals surface area contributed by atoms with Crippen molar-refractivity contribution < 1.29 is 14.6 Å². The van der Waals surface area contributed by atoms with Gasteiger partial charge in [0.15, 0.2) is 4.34 Å². The van der Waals surface area contributed by atoms with Crippen molar-refractivity contribution in [2.75, 3.05) is 17.7 Å². The largest absolute Gasteiger partial charge is 0.494 e. The summed E-state index contributed by atoms with van der Waals surface area (Å²) in [6.45, 7) is 0.563. The van der Waals surface area contributed by atoms with Crippen molar-refractivity contribution >= 4 is 39.9 Å². The number of nitrogens with zero attached hydrogens (tertiary/aromatic N) is 2. The highest BCUT2D eigenvalue weighted by Gasteiger charge is 2.05. The topological polar surface area (TPSA) is 84.3 Å². The van der Waals surface area contributed by atoms with Gasteiger partial charge in [0.25, 0.3) is 0 Å². The molecule has 0 fully saturated rings. The Kier molecular flexibility index (Phi) is 6.45. The van der Waals surface area contributed by atoms with Gasteiger partial charge in [-0.25, -0.2) is 4.79 Å². The van der Waals surface area contributed by atoms with E-state index >= 15 is 0 Å². The van der Waals surface area contributed by atoms with Crippen LogP contribution in [0.4, 0.5) is 10.8 Å². The van der Waals surface area contributed by atoms with Crippen LogP contribution in [0.2, 0.25) is 0 Å². The fourth-order valence-electron chi connectivity index (χ4n) is 2.07. The Hall–Kier alpha value is -2.58. The maximum atomic E-state index is 10.8. The molecule has 6 nitrogen and oxygen atoms in total. The third kappa shape index (κ3) is 5.47. The van der Waals surface area contributed by atoms with E-state index in [-0.39, 0.29) is 5.56 Å². The van der Waals surface area contributed by atoms with Crippen LogP contribution in [0, 0.1) is 0 Å². The van der Waals surface area contributed by atoms with Crippen LogP contribution in [0.1, 0.15) is 16.8 Å². The van der Waals surface area contributed by atoms with Crippen LogP contribution in [-0.2, 0) is 0 Å². The molecular formula is C18H17N3O3S2. The van der Waals surface area contributed by atoms with Crippen LogP contribution in [0.25, 0.3) is 0 Å². The average Bonchev–Trinajstić information content (AvgIpc) is 3.10. The summed E-state index contributed by atoms with van der Waals surface area (Å²) in [5.41, 5.74) is 1.24. The summed E-state index contributed by atoms with van der Waals surface area (Å²) >= 11 is 3.16. The quantitative estimate of drug-likeness (QED) is 0.412. The first-order valence-corrected chi connectivity index (χ1v) is 9.75. The summed E-state index contributed by atoms with van der Waals surface area (Å²) < 4.78 is 6.52. The first-order valence-electron chi connectivity index (χ1n) is 7.95. The summed E-state index contributed by atoms with van der Waals surface area (Å²) in [6.07, 6.45) is 0.854. The summed E-state index contributed by atoms with van der Waals surface area (Å²) in [7, 11) is 0. The Labute approximate surface area is 159 Å². The second-order valence-electron chi connectivity index (χ2n) is 5.24. The number of carboxylic acid groups (broad SMARTS) is 1. The number of ether oxygens (including phenoxy) is 1. The highest BCUT2D eigenvalue weighted by atomic mass is 32.2. The monoisotopic (exact) mass is 387 g/mol. The molecule has 0 amide bonds. The van der Waals surface area contributed by atoms with E-state index in [9.17, 15) is 4.79 Å². The van der Waals surface area contributed by atoms with E-state index in [4.69, 9.17) is 9.84 Å². The Morgan fingerprint density at radius 3 is 2.62 bits per heavy atom. The number of nitrogens with one attached hydrogen (secondary N) is 1. The highest BCUT2D eigenvalue weighted by Crippen LogP contribution is 2.28. The number of aromatic nitrogens is 2. The molecule has 1 aromatic heterocycles. The van der Waals surface area contributed by atoms with E-state index in [2.05, 4.69) is 15.5 Å². The summed E-state index contributed by atoms with van der Waals surface area (Å²) in [5, 5.41) is 21.2. The molecule has 0 aliphatic carbocycles. The Balaban J connectivity index is 1.37. The van der Waals surface area contributed by atoms with Gasteiger partial charge >= 0.3 is 5.97 Å². The standard InChI is InChI=1S/C18H17N3O3S2/c22-16(23)13-7-9-15(10-8-13)24-11-4-12-25-18-21-20-17(26-18)19-14-5-2-1-3-6-14/h1-3,5-10H,4,11-12H2,(H,19,20)(H,22,23). The Morgan fingerprint density at radius 2 is 1.88 bits per heavy atom. The first kappa shape index (κ1) is 18.2. The molecule has 0 unspecified atom stereocenters. The van der Waals surface area contributed by atoms with Gasteiger partial charge in [-0.1, -0.05) is 41.3 Å². The van der Waals surface area contributed by atoms with Gasteiger partial charge in [0.2, 0.25) is 5.13 Å². The number of anilines is 2. The van der Waals surface area contributed by atoms with E-state index in [1.807, 2.05) is 30.3 Å². The molecule has 0 spiro atoms. The highest BCUT2D eigenvalue weighted by molar-refractivity contribution is 8.01. The first-order chi connectivity index (χ1) is 12.7. The van der Waals surface area contributed by atoms with Crippen molar-refractivity contribution in [3.63, 3.8) is 0 Å². The minimum atomic E-state index is -0.939. The molecule has 26 heavy (non-hydrogen) atoms. The van der Waals surface area contributed by atoms with Gasteiger partial charge in [0.1, 0.15) is 5.75 Å². The fraction of sp³-hybridized carbons (Fsp3) is 0.167. The molecule has 1 heterocycles. The number of carboxylic acids is 1. The third-order valence-electron chi connectivity index (χ3n) is 3.32. The number of benzene rings is 2. The lowest BCUT2D eigenvalue weighted by molar-refractivity contribution is 0.0697. The second kappa shape index (κ2) is 9.21. The van der Waals surface area contributed by atoms with Crippen molar-refractivity contribution in [1.29, 1.82) is 0 Å². The molecule has 2 aromatic carbocycles. The maximum Gasteiger partial charge on any atom is 0.335 e. The zero-order valence-electron chi connectivity index (χ0n) is 13.8. The average molecular weight is 387 g/mol. The van der Waals surface area contributed by atoms with Gasteiger partial charge in [0.05, 0.1) is 12.2 Å². The molecule has 134 valence electrons. The molecule has 3 rings (SSSR count). The molecule has 2 N–H and O–H groups in total. The number of carbonyl (C=O) groups is 1. The predicted molar refractivity (Wildman–Crippen MR) is 104 cm³/mol. The van der Waals surface area contributed by atoms with Crippen LogP contribution in [0.15, 0.2) is 58.9 Å². The lowest BCUT2D eigenvalue weighted by atomic mass is 10.2. The number of para-hydroxylation sites is 1. The number of thioether (sulfide) groups is 1. The second-order valence-corrected chi connectivity index (χ2v) is 7.56.